The highest BCUT2D eigenvalue weighted by Gasteiger charge is 2.32. The van der Waals surface area contributed by atoms with Crippen molar-refractivity contribution < 1.29 is 9.59 Å². The summed E-state index contributed by atoms with van der Waals surface area (Å²) in [7, 11) is 0. The van der Waals surface area contributed by atoms with Gasteiger partial charge in [0.1, 0.15) is 6.54 Å². The van der Waals surface area contributed by atoms with Gasteiger partial charge in [-0.1, -0.05) is 0 Å². The molecule has 3 heterocycles. The fraction of sp³-hybridized carbons (Fsp3) is 0.400. The topological polar surface area (TPSA) is 92.7 Å². The van der Waals surface area contributed by atoms with Gasteiger partial charge in [-0.15, -0.1) is 0 Å². The highest BCUT2D eigenvalue weighted by molar-refractivity contribution is 6.13. The second kappa shape index (κ2) is 4.54. The molecule has 2 aromatic heterocycles. The number of nitrogens with zero attached hydrogens (tertiary/aromatic N) is 3. The monoisotopic (exact) mass is 299 g/mol. The first kappa shape index (κ1) is 13.3. The highest BCUT2D eigenvalue weighted by atomic mass is 16.2. The fourth-order valence-corrected chi connectivity index (χ4v) is 2.81. The molecule has 0 radical (unpaired) electrons. The van der Waals surface area contributed by atoms with Crippen molar-refractivity contribution in [3.05, 3.63) is 29.7 Å². The van der Waals surface area contributed by atoms with Crippen molar-refractivity contribution in [2.75, 3.05) is 11.4 Å². The van der Waals surface area contributed by atoms with Crippen LogP contribution in [0, 0.1) is 0 Å². The standard InChI is InChI=1S/C15H17N5O2/c1-8(16)11-6-19-5-10(9-2-3-9)4-12(14(19)17-11)20-7-13(21)18-15(20)22/h4-6,8-9H,2-3,7,16H2,1H3,(H,18,21,22). The number of nitrogens with two attached hydrogens (primary N) is 1. The molecule has 114 valence electrons. The van der Waals surface area contributed by atoms with E-state index in [9.17, 15) is 9.59 Å². The molecule has 2 aromatic rings. The van der Waals surface area contributed by atoms with Gasteiger partial charge in [0.2, 0.25) is 5.91 Å². The maximum atomic E-state index is 12.0. The lowest BCUT2D eigenvalue weighted by atomic mass is 10.1. The number of hydrogen-bond donors (Lipinski definition) is 2. The van der Waals surface area contributed by atoms with E-state index in [2.05, 4.69) is 10.3 Å². The zero-order valence-corrected chi connectivity index (χ0v) is 12.2. The largest absolute Gasteiger partial charge is 0.329 e. The lowest BCUT2D eigenvalue weighted by Crippen LogP contribution is -2.28. The van der Waals surface area contributed by atoms with Gasteiger partial charge in [-0.05, 0) is 37.3 Å². The Bertz CT molecular complexity index is 791. The summed E-state index contributed by atoms with van der Waals surface area (Å²) in [4.78, 5) is 29.5. The summed E-state index contributed by atoms with van der Waals surface area (Å²) in [6, 6.07) is 1.39. The number of imide groups is 1. The third kappa shape index (κ3) is 2.05. The molecule has 1 aliphatic carbocycles. The summed E-state index contributed by atoms with van der Waals surface area (Å²) < 4.78 is 1.91. The van der Waals surface area contributed by atoms with Crippen LogP contribution in [0.3, 0.4) is 0 Å². The predicted molar refractivity (Wildman–Crippen MR) is 80.7 cm³/mol. The Labute approximate surface area is 127 Å². The van der Waals surface area contributed by atoms with E-state index in [1.807, 2.05) is 29.8 Å². The minimum absolute atomic E-state index is 0.0307. The molecule has 2 aliphatic rings. The molecule has 0 spiro atoms. The molecule has 7 nitrogen and oxygen atoms in total. The van der Waals surface area contributed by atoms with Crippen molar-refractivity contribution in [2.24, 2.45) is 5.73 Å². The number of carbonyl (C=O) groups excluding carboxylic acids is 2. The number of carbonyl (C=O) groups is 2. The van der Waals surface area contributed by atoms with Gasteiger partial charge in [-0.2, -0.15) is 0 Å². The Kier molecular flexibility index (Phi) is 2.74. The van der Waals surface area contributed by atoms with Gasteiger partial charge in [0.15, 0.2) is 5.65 Å². The van der Waals surface area contributed by atoms with E-state index < -0.39 is 6.03 Å². The SMILES string of the molecule is CC(N)c1cn2cc(C3CC3)cc(N3CC(=O)NC3=O)c2n1. The van der Waals surface area contributed by atoms with Gasteiger partial charge in [0.25, 0.3) is 0 Å². The van der Waals surface area contributed by atoms with Crippen LogP contribution in [0.5, 0.6) is 0 Å². The summed E-state index contributed by atoms with van der Waals surface area (Å²) in [5, 5.41) is 2.31. The van der Waals surface area contributed by atoms with Crippen LogP contribution in [0.25, 0.3) is 5.65 Å². The molecular weight excluding hydrogens is 282 g/mol. The summed E-state index contributed by atoms with van der Waals surface area (Å²) in [5.41, 5.74) is 9.17. The first-order chi connectivity index (χ1) is 10.5. The average Bonchev–Trinajstić information content (AvgIpc) is 3.13. The maximum Gasteiger partial charge on any atom is 0.329 e. The molecule has 3 N–H and O–H groups in total. The van der Waals surface area contributed by atoms with Crippen LogP contribution < -0.4 is 16.0 Å². The Morgan fingerprint density at radius 3 is 2.73 bits per heavy atom. The van der Waals surface area contributed by atoms with Crippen molar-refractivity contribution in [3.63, 3.8) is 0 Å². The molecule has 1 unspecified atom stereocenters. The molecule has 7 heteroatoms. The summed E-state index contributed by atoms with van der Waals surface area (Å²) in [5.74, 6) is 0.240. The number of hydrogen-bond acceptors (Lipinski definition) is 4. The van der Waals surface area contributed by atoms with E-state index in [0.717, 1.165) is 18.5 Å². The molecular formula is C15H17N5O2. The number of fused-ring (bicyclic) bond motifs is 1. The lowest BCUT2D eigenvalue weighted by Gasteiger charge is -2.15. The Morgan fingerprint density at radius 2 is 2.14 bits per heavy atom. The van der Waals surface area contributed by atoms with E-state index in [-0.39, 0.29) is 18.5 Å². The van der Waals surface area contributed by atoms with E-state index in [0.29, 0.717) is 17.3 Å². The summed E-state index contributed by atoms with van der Waals surface area (Å²) in [6.45, 7) is 1.90. The van der Waals surface area contributed by atoms with Gasteiger partial charge < -0.3 is 10.1 Å². The number of anilines is 1. The average molecular weight is 299 g/mol. The second-order valence-electron chi connectivity index (χ2n) is 6.06. The first-order valence-corrected chi connectivity index (χ1v) is 7.42. The van der Waals surface area contributed by atoms with Crippen molar-refractivity contribution in [2.45, 2.75) is 31.7 Å². The molecule has 1 saturated carbocycles. The number of amides is 3. The third-order valence-corrected chi connectivity index (χ3v) is 4.17. The van der Waals surface area contributed by atoms with Gasteiger partial charge >= 0.3 is 6.03 Å². The van der Waals surface area contributed by atoms with Crippen molar-refractivity contribution >= 4 is 23.3 Å². The Hall–Kier alpha value is -2.41. The van der Waals surface area contributed by atoms with Crippen LogP contribution in [0.15, 0.2) is 18.5 Å². The van der Waals surface area contributed by atoms with Crippen LogP contribution in [0.1, 0.15) is 43.0 Å². The van der Waals surface area contributed by atoms with Crippen LogP contribution in [-0.2, 0) is 4.79 Å². The molecule has 4 rings (SSSR count). The first-order valence-electron chi connectivity index (χ1n) is 7.42. The van der Waals surface area contributed by atoms with Gasteiger partial charge in [0, 0.05) is 18.4 Å². The predicted octanol–water partition coefficient (Wildman–Crippen LogP) is 1.29. The quantitative estimate of drug-likeness (QED) is 0.835. The van der Waals surface area contributed by atoms with Gasteiger partial charge in [-0.25, -0.2) is 9.78 Å². The zero-order chi connectivity index (χ0) is 15.4. The fourth-order valence-electron chi connectivity index (χ4n) is 2.81. The van der Waals surface area contributed by atoms with Crippen LogP contribution in [0.4, 0.5) is 10.5 Å². The van der Waals surface area contributed by atoms with E-state index in [4.69, 9.17) is 5.73 Å². The minimum atomic E-state index is -0.398. The van der Waals surface area contributed by atoms with E-state index in [1.54, 1.807) is 0 Å². The molecule has 22 heavy (non-hydrogen) atoms. The number of urea groups is 1. The van der Waals surface area contributed by atoms with Gasteiger partial charge in [-0.3, -0.25) is 15.0 Å². The van der Waals surface area contributed by atoms with Crippen molar-refractivity contribution in [1.82, 2.24) is 14.7 Å². The molecule has 2 fully saturated rings. The molecule has 3 amide bonds. The van der Waals surface area contributed by atoms with Gasteiger partial charge in [0.05, 0.1) is 11.4 Å². The van der Waals surface area contributed by atoms with Crippen LogP contribution in [-0.4, -0.2) is 27.9 Å². The van der Waals surface area contributed by atoms with E-state index >= 15 is 0 Å². The smallest absolute Gasteiger partial charge is 0.323 e. The zero-order valence-electron chi connectivity index (χ0n) is 12.2. The molecule has 1 atom stereocenters. The van der Waals surface area contributed by atoms with Crippen molar-refractivity contribution in [3.8, 4) is 0 Å². The second-order valence-corrected chi connectivity index (χ2v) is 6.06. The summed E-state index contributed by atoms with van der Waals surface area (Å²) in [6.07, 6.45) is 6.26. The Balaban J connectivity index is 1.90. The van der Waals surface area contributed by atoms with Crippen molar-refractivity contribution in [1.29, 1.82) is 0 Å². The molecule has 0 aromatic carbocycles. The highest BCUT2D eigenvalue weighted by Crippen LogP contribution is 2.42. The Morgan fingerprint density at radius 1 is 1.36 bits per heavy atom. The number of pyridine rings is 1. The number of nitrogens with one attached hydrogen (secondary N) is 1. The lowest BCUT2D eigenvalue weighted by molar-refractivity contribution is -0.117. The minimum Gasteiger partial charge on any atom is -0.323 e. The normalized spacial score (nSPS) is 19.8. The molecule has 0 bridgehead atoms. The maximum absolute atomic E-state index is 12.0. The summed E-state index contributed by atoms with van der Waals surface area (Å²) >= 11 is 0. The molecule has 1 aliphatic heterocycles. The molecule has 1 saturated heterocycles. The van der Waals surface area contributed by atoms with E-state index in [1.165, 1.54) is 10.5 Å². The number of imidazole rings is 1. The van der Waals surface area contributed by atoms with Crippen LogP contribution >= 0.6 is 0 Å². The van der Waals surface area contributed by atoms with Crippen LogP contribution in [0.2, 0.25) is 0 Å². The third-order valence-electron chi connectivity index (χ3n) is 4.17. The number of rotatable bonds is 3. The number of aromatic nitrogens is 2.